The van der Waals surface area contributed by atoms with Crippen molar-refractivity contribution in [1.29, 1.82) is 0 Å². The van der Waals surface area contributed by atoms with Gasteiger partial charge in [0.1, 0.15) is 0 Å². The van der Waals surface area contributed by atoms with Crippen LogP contribution in [0.5, 0.6) is 0 Å². The summed E-state index contributed by atoms with van der Waals surface area (Å²) in [5.74, 6) is 3.94. The van der Waals surface area contributed by atoms with Gasteiger partial charge < -0.3 is 0 Å². The summed E-state index contributed by atoms with van der Waals surface area (Å²) in [6.45, 7) is 1.16. The third-order valence-corrected chi connectivity index (χ3v) is 6.38. The zero-order valence-corrected chi connectivity index (χ0v) is 13.2. The van der Waals surface area contributed by atoms with Crippen LogP contribution in [0.15, 0.2) is 4.99 Å². The predicted molar refractivity (Wildman–Crippen MR) is 87.3 cm³/mol. The number of hydrogen-bond acceptors (Lipinski definition) is 1. The lowest BCUT2D eigenvalue weighted by Gasteiger charge is -2.39. The minimum absolute atomic E-state index is 0.932. The van der Waals surface area contributed by atoms with Crippen LogP contribution in [0.3, 0.4) is 0 Å². The van der Waals surface area contributed by atoms with Crippen LogP contribution >= 0.6 is 0 Å². The fourth-order valence-electron chi connectivity index (χ4n) is 5.22. The Morgan fingerprint density at radius 2 is 1.10 bits per heavy atom. The quantitative estimate of drug-likeness (QED) is 0.579. The Labute approximate surface area is 125 Å². The van der Waals surface area contributed by atoms with Crippen molar-refractivity contribution in [3.05, 3.63) is 0 Å². The molecule has 114 valence electrons. The Morgan fingerprint density at radius 1 is 0.600 bits per heavy atom. The molecule has 2 aliphatic carbocycles. The van der Waals surface area contributed by atoms with E-state index in [-0.39, 0.29) is 0 Å². The molecule has 2 saturated carbocycles. The first-order valence-electron chi connectivity index (χ1n) is 9.43. The lowest BCUT2D eigenvalue weighted by molar-refractivity contribution is 0.141. The average molecular weight is 275 g/mol. The molecular weight excluding hydrogens is 242 g/mol. The summed E-state index contributed by atoms with van der Waals surface area (Å²) in [5.41, 5.74) is 0. The topological polar surface area (TPSA) is 12.4 Å². The number of rotatable bonds is 2. The highest BCUT2D eigenvalue weighted by Gasteiger charge is 2.35. The van der Waals surface area contributed by atoms with Crippen molar-refractivity contribution in [2.75, 3.05) is 6.54 Å². The molecule has 20 heavy (non-hydrogen) atoms. The number of aliphatic imine (C=N–C) groups is 1. The van der Waals surface area contributed by atoms with Crippen LogP contribution < -0.4 is 0 Å². The molecule has 0 radical (unpaired) electrons. The summed E-state index contributed by atoms with van der Waals surface area (Å²) >= 11 is 0. The van der Waals surface area contributed by atoms with E-state index in [0.717, 1.165) is 30.2 Å². The second-order valence-corrected chi connectivity index (χ2v) is 7.61. The van der Waals surface area contributed by atoms with Crippen molar-refractivity contribution in [1.82, 2.24) is 0 Å². The van der Waals surface area contributed by atoms with Gasteiger partial charge in [0.05, 0.1) is 0 Å². The van der Waals surface area contributed by atoms with Gasteiger partial charge in [0.2, 0.25) is 0 Å². The Morgan fingerprint density at radius 3 is 1.65 bits per heavy atom. The molecule has 0 bridgehead atoms. The van der Waals surface area contributed by atoms with Gasteiger partial charge in [0.25, 0.3) is 0 Å². The number of nitrogens with zero attached hydrogens (tertiary/aromatic N) is 1. The Balaban J connectivity index is 1.67. The first-order chi connectivity index (χ1) is 9.95. The third-order valence-electron chi connectivity index (χ3n) is 6.38. The summed E-state index contributed by atoms with van der Waals surface area (Å²) in [6, 6.07) is 0. The van der Waals surface area contributed by atoms with Crippen molar-refractivity contribution in [2.24, 2.45) is 28.7 Å². The van der Waals surface area contributed by atoms with Gasteiger partial charge in [-0.05, 0) is 36.3 Å². The summed E-state index contributed by atoms with van der Waals surface area (Å²) in [4.78, 5) is 4.71. The molecule has 0 aromatic heterocycles. The SMILES string of the molecule is C1=NCC(C2CCCCCC2)C(C2CCCCCC2)C1. The van der Waals surface area contributed by atoms with Crippen LogP contribution in [0.1, 0.15) is 83.5 Å². The molecule has 2 unspecified atom stereocenters. The molecular formula is C19H33N. The lowest BCUT2D eigenvalue weighted by Crippen LogP contribution is -2.34. The highest BCUT2D eigenvalue weighted by Crippen LogP contribution is 2.42. The first-order valence-corrected chi connectivity index (χ1v) is 9.43. The van der Waals surface area contributed by atoms with Gasteiger partial charge in [-0.2, -0.15) is 0 Å². The fraction of sp³-hybridized carbons (Fsp3) is 0.947. The van der Waals surface area contributed by atoms with Crippen LogP contribution in [0.4, 0.5) is 0 Å². The molecule has 2 fully saturated rings. The van der Waals surface area contributed by atoms with Crippen LogP contribution in [0.25, 0.3) is 0 Å². The van der Waals surface area contributed by atoms with E-state index in [1.807, 2.05) is 0 Å². The maximum Gasteiger partial charge on any atom is 0.0419 e. The molecule has 0 aromatic carbocycles. The smallest absolute Gasteiger partial charge is 0.0419 e. The molecule has 0 N–H and O–H groups in total. The van der Waals surface area contributed by atoms with E-state index in [0.29, 0.717) is 0 Å². The zero-order valence-electron chi connectivity index (χ0n) is 13.2. The second kappa shape index (κ2) is 7.61. The minimum Gasteiger partial charge on any atom is -0.297 e. The summed E-state index contributed by atoms with van der Waals surface area (Å²) in [6.07, 6.45) is 21.5. The van der Waals surface area contributed by atoms with E-state index in [1.54, 1.807) is 0 Å². The lowest BCUT2D eigenvalue weighted by atomic mass is 9.68. The van der Waals surface area contributed by atoms with Crippen molar-refractivity contribution < 1.29 is 0 Å². The van der Waals surface area contributed by atoms with Gasteiger partial charge in [-0.25, -0.2) is 0 Å². The molecule has 1 aliphatic heterocycles. The molecule has 0 saturated heterocycles. The highest BCUT2D eigenvalue weighted by atomic mass is 14.7. The fourth-order valence-corrected chi connectivity index (χ4v) is 5.22. The van der Waals surface area contributed by atoms with E-state index in [9.17, 15) is 0 Å². The Kier molecular flexibility index (Phi) is 5.56. The maximum atomic E-state index is 4.71. The monoisotopic (exact) mass is 275 g/mol. The van der Waals surface area contributed by atoms with Crippen LogP contribution in [0, 0.1) is 23.7 Å². The van der Waals surface area contributed by atoms with Crippen LogP contribution in [-0.4, -0.2) is 12.8 Å². The van der Waals surface area contributed by atoms with E-state index < -0.39 is 0 Å². The second-order valence-electron chi connectivity index (χ2n) is 7.61. The molecule has 1 heteroatoms. The van der Waals surface area contributed by atoms with Gasteiger partial charge in [-0.1, -0.05) is 77.0 Å². The minimum atomic E-state index is 0.932. The van der Waals surface area contributed by atoms with Gasteiger partial charge in [-0.3, -0.25) is 4.99 Å². The molecule has 3 rings (SSSR count). The molecule has 0 aromatic rings. The number of hydrogen-bond donors (Lipinski definition) is 0. The van der Waals surface area contributed by atoms with Gasteiger partial charge in [0.15, 0.2) is 0 Å². The predicted octanol–water partition coefficient (Wildman–Crippen LogP) is 5.63. The molecule has 2 atom stereocenters. The van der Waals surface area contributed by atoms with E-state index >= 15 is 0 Å². The van der Waals surface area contributed by atoms with E-state index in [4.69, 9.17) is 4.99 Å². The maximum absolute atomic E-state index is 4.71. The Hall–Kier alpha value is -0.330. The van der Waals surface area contributed by atoms with Gasteiger partial charge >= 0.3 is 0 Å². The Bertz CT molecular complexity index is 263. The van der Waals surface area contributed by atoms with Crippen molar-refractivity contribution in [3.8, 4) is 0 Å². The van der Waals surface area contributed by atoms with Crippen molar-refractivity contribution in [2.45, 2.75) is 83.5 Å². The highest BCUT2D eigenvalue weighted by molar-refractivity contribution is 5.58. The van der Waals surface area contributed by atoms with Gasteiger partial charge in [-0.15, -0.1) is 0 Å². The van der Waals surface area contributed by atoms with Crippen molar-refractivity contribution in [3.63, 3.8) is 0 Å². The molecule has 3 aliphatic rings. The summed E-state index contributed by atoms with van der Waals surface area (Å²) in [5, 5.41) is 0. The van der Waals surface area contributed by atoms with Gasteiger partial charge in [0, 0.05) is 6.54 Å². The summed E-state index contributed by atoms with van der Waals surface area (Å²) in [7, 11) is 0. The normalized spacial score (nSPS) is 34.6. The van der Waals surface area contributed by atoms with E-state index in [1.165, 1.54) is 83.5 Å². The van der Waals surface area contributed by atoms with E-state index in [2.05, 4.69) is 6.21 Å². The first kappa shape index (κ1) is 14.6. The molecule has 1 nitrogen and oxygen atoms in total. The van der Waals surface area contributed by atoms with Crippen molar-refractivity contribution >= 4 is 6.21 Å². The largest absolute Gasteiger partial charge is 0.297 e. The molecule has 0 spiro atoms. The summed E-state index contributed by atoms with van der Waals surface area (Å²) < 4.78 is 0. The average Bonchev–Trinajstić information content (AvgIpc) is 2.92. The molecule has 0 amide bonds. The third kappa shape index (κ3) is 3.65. The van der Waals surface area contributed by atoms with Crippen LogP contribution in [0.2, 0.25) is 0 Å². The van der Waals surface area contributed by atoms with Crippen LogP contribution in [-0.2, 0) is 0 Å². The molecule has 1 heterocycles. The zero-order chi connectivity index (χ0) is 13.6. The standard InChI is InChI=1S/C19H33N/c1-2-6-10-16(9-5-1)18-13-14-20-15-19(18)17-11-7-3-4-8-12-17/h14,16-19H,1-13,15H2.